The van der Waals surface area contributed by atoms with Gasteiger partial charge in [0.1, 0.15) is 0 Å². The first kappa shape index (κ1) is 16.3. The maximum Gasteiger partial charge on any atom is 0.334 e. The molecule has 0 bridgehead atoms. The maximum absolute atomic E-state index is 13.4. The van der Waals surface area contributed by atoms with E-state index in [1.54, 1.807) is 10.8 Å². The fraction of sp³-hybridized carbons (Fsp3) is 0.381. The molecule has 1 aromatic carbocycles. The first-order chi connectivity index (χ1) is 13.2. The molecule has 1 aliphatic carbocycles. The summed E-state index contributed by atoms with van der Waals surface area (Å²) in [4.78, 5) is 17.9. The minimum absolute atomic E-state index is 0.00939. The number of pyridine rings is 1. The number of nitrogens with one attached hydrogen (secondary N) is 1. The number of H-pyrrole nitrogens is 1. The smallest absolute Gasteiger partial charge is 0.290 e. The zero-order valence-electron chi connectivity index (χ0n) is 15.5. The molecule has 138 valence electrons. The second-order valence-electron chi connectivity index (χ2n) is 7.62. The van der Waals surface area contributed by atoms with Crippen LogP contribution in [0.1, 0.15) is 37.8 Å². The van der Waals surface area contributed by atoms with Crippen molar-refractivity contribution in [3.8, 4) is 5.69 Å². The van der Waals surface area contributed by atoms with Crippen molar-refractivity contribution in [2.24, 2.45) is 5.92 Å². The number of imidazole rings is 1. The molecule has 0 aliphatic heterocycles. The Morgan fingerprint density at radius 1 is 1.19 bits per heavy atom. The summed E-state index contributed by atoms with van der Waals surface area (Å²) in [5.41, 5.74) is 4.33. The van der Waals surface area contributed by atoms with Crippen molar-refractivity contribution in [1.29, 1.82) is 0 Å². The van der Waals surface area contributed by atoms with Gasteiger partial charge in [-0.2, -0.15) is 5.10 Å². The molecule has 5 rings (SSSR count). The first-order valence-corrected chi connectivity index (χ1v) is 9.74. The summed E-state index contributed by atoms with van der Waals surface area (Å²) >= 11 is 0. The highest BCUT2D eigenvalue weighted by Crippen LogP contribution is 2.27. The van der Waals surface area contributed by atoms with Crippen LogP contribution < -0.4 is 5.69 Å². The molecule has 3 heterocycles. The molecule has 6 nitrogen and oxygen atoms in total. The highest BCUT2D eigenvalue weighted by molar-refractivity contribution is 5.84. The molecule has 0 atom stereocenters. The third-order valence-electron chi connectivity index (χ3n) is 5.85. The van der Waals surface area contributed by atoms with Crippen LogP contribution in [-0.4, -0.2) is 24.3 Å². The van der Waals surface area contributed by atoms with E-state index in [1.165, 1.54) is 32.1 Å². The average molecular weight is 361 g/mol. The van der Waals surface area contributed by atoms with Crippen molar-refractivity contribution in [3.63, 3.8) is 0 Å². The standard InChI is InChI=1S/C21H23N5O/c1-14-17-10-9-16(12-18(17)24-23-14)26-20-19(8-5-11-22-20)25(21(26)27)13-15-6-3-2-4-7-15/h5,8-12,15H,2-4,6-7,13H2,1H3,(H,23,24). The molecule has 0 amide bonds. The Morgan fingerprint density at radius 2 is 2.04 bits per heavy atom. The number of fused-ring (bicyclic) bond motifs is 2. The van der Waals surface area contributed by atoms with Crippen LogP contribution in [0, 0.1) is 12.8 Å². The molecular weight excluding hydrogens is 338 g/mol. The van der Waals surface area contributed by atoms with E-state index in [0.29, 0.717) is 11.6 Å². The highest BCUT2D eigenvalue weighted by atomic mass is 16.1. The van der Waals surface area contributed by atoms with Crippen LogP contribution in [0.4, 0.5) is 0 Å². The number of aromatic amines is 1. The first-order valence-electron chi connectivity index (χ1n) is 9.74. The van der Waals surface area contributed by atoms with Gasteiger partial charge in [0.05, 0.1) is 22.4 Å². The van der Waals surface area contributed by atoms with Crippen molar-refractivity contribution < 1.29 is 0 Å². The van der Waals surface area contributed by atoms with Crippen molar-refractivity contribution in [1.82, 2.24) is 24.3 Å². The van der Waals surface area contributed by atoms with Gasteiger partial charge in [-0.15, -0.1) is 0 Å². The fourth-order valence-electron chi connectivity index (χ4n) is 4.41. The Hall–Kier alpha value is -2.89. The Morgan fingerprint density at radius 3 is 2.89 bits per heavy atom. The summed E-state index contributed by atoms with van der Waals surface area (Å²) < 4.78 is 3.65. The van der Waals surface area contributed by atoms with Crippen molar-refractivity contribution in [2.45, 2.75) is 45.6 Å². The van der Waals surface area contributed by atoms with E-state index in [1.807, 2.05) is 41.8 Å². The average Bonchev–Trinajstić information content (AvgIpc) is 3.20. The summed E-state index contributed by atoms with van der Waals surface area (Å²) in [6, 6.07) is 9.89. The second-order valence-corrected chi connectivity index (χ2v) is 7.62. The molecule has 0 unspecified atom stereocenters. The molecular formula is C21H23N5O. The molecule has 0 radical (unpaired) electrons. The van der Waals surface area contributed by atoms with Gasteiger partial charge in [0, 0.05) is 18.1 Å². The lowest BCUT2D eigenvalue weighted by Gasteiger charge is -2.21. The molecule has 27 heavy (non-hydrogen) atoms. The van der Waals surface area contributed by atoms with Gasteiger partial charge in [0.25, 0.3) is 0 Å². The third kappa shape index (κ3) is 2.67. The lowest BCUT2D eigenvalue weighted by Crippen LogP contribution is -2.27. The number of benzene rings is 1. The molecule has 4 aromatic rings. The Bertz CT molecular complexity index is 1180. The molecule has 6 heteroatoms. The van der Waals surface area contributed by atoms with E-state index in [-0.39, 0.29) is 5.69 Å². The summed E-state index contributed by atoms with van der Waals surface area (Å²) in [6.07, 6.45) is 8.02. The van der Waals surface area contributed by atoms with E-state index in [2.05, 4.69) is 15.2 Å². The molecule has 0 saturated heterocycles. The van der Waals surface area contributed by atoms with Crippen LogP contribution in [0.25, 0.3) is 27.8 Å². The second kappa shape index (κ2) is 6.37. The van der Waals surface area contributed by atoms with Crippen molar-refractivity contribution in [3.05, 3.63) is 52.7 Å². The summed E-state index contributed by atoms with van der Waals surface area (Å²) in [5, 5.41) is 8.38. The lowest BCUT2D eigenvalue weighted by atomic mass is 9.89. The predicted molar refractivity (Wildman–Crippen MR) is 106 cm³/mol. The maximum atomic E-state index is 13.4. The van der Waals surface area contributed by atoms with Gasteiger partial charge in [-0.05, 0) is 56.0 Å². The third-order valence-corrected chi connectivity index (χ3v) is 5.85. The van der Waals surface area contributed by atoms with E-state index in [0.717, 1.165) is 34.3 Å². The number of nitrogens with zero attached hydrogens (tertiary/aromatic N) is 4. The van der Waals surface area contributed by atoms with Gasteiger partial charge in [-0.1, -0.05) is 19.3 Å². The molecule has 3 aromatic heterocycles. The fourth-order valence-corrected chi connectivity index (χ4v) is 4.41. The van der Waals surface area contributed by atoms with E-state index < -0.39 is 0 Å². The summed E-state index contributed by atoms with van der Waals surface area (Å²) in [5.74, 6) is 0.577. The van der Waals surface area contributed by atoms with E-state index in [4.69, 9.17) is 0 Å². The molecule has 1 saturated carbocycles. The van der Waals surface area contributed by atoms with Crippen LogP contribution in [-0.2, 0) is 6.54 Å². The van der Waals surface area contributed by atoms with Crippen LogP contribution in [0.2, 0.25) is 0 Å². The van der Waals surface area contributed by atoms with Gasteiger partial charge in [-0.3, -0.25) is 9.67 Å². The lowest BCUT2D eigenvalue weighted by molar-refractivity contribution is 0.319. The predicted octanol–water partition coefficient (Wildman–Crippen LogP) is 3.95. The SMILES string of the molecule is Cc1n[nH]c2cc(-n3c(=O)n(CC4CCCCC4)c4cccnc43)ccc12. The van der Waals surface area contributed by atoms with Crippen molar-refractivity contribution >= 4 is 22.1 Å². The minimum Gasteiger partial charge on any atom is -0.290 e. The Labute approximate surface area is 156 Å². The van der Waals surface area contributed by atoms with Gasteiger partial charge in [-0.25, -0.2) is 14.3 Å². The van der Waals surface area contributed by atoms with Crippen LogP contribution >= 0.6 is 0 Å². The largest absolute Gasteiger partial charge is 0.334 e. The zero-order chi connectivity index (χ0) is 18.4. The summed E-state index contributed by atoms with van der Waals surface area (Å²) in [7, 11) is 0. The number of aromatic nitrogens is 5. The van der Waals surface area contributed by atoms with E-state index in [9.17, 15) is 4.79 Å². The van der Waals surface area contributed by atoms with Gasteiger partial charge in [0.2, 0.25) is 0 Å². The van der Waals surface area contributed by atoms with Gasteiger partial charge < -0.3 is 0 Å². The number of rotatable bonds is 3. The van der Waals surface area contributed by atoms with Crippen LogP contribution in [0.5, 0.6) is 0 Å². The van der Waals surface area contributed by atoms with Crippen LogP contribution in [0.15, 0.2) is 41.3 Å². The van der Waals surface area contributed by atoms with Gasteiger partial charge in [0.15, 0.2) is 5.65 Å². The Kier molecular flexibility index (Phi) is 3.85. The van der Waals surface area contributed by atoms with Crippen LogP contribution in [0.3, 0.4) is 0 Å². The minimum atomic E-state index is -0.00939. The molecule has 1 N–H and O–H groups in total. The molecule has 0 spiro atoms. The highest BCUT2D eigenvalue weighted by Gasteiger charge is 2.20. The number of hydrogen-bond donors (Lipinski definition) is 1. The monoisotopic (exact) mass is 361 g/mol. The Balaban J connectivity index is 1.67. The number of aryl methyl sites for hydroxylation is 1. The summed E-state index contributed by atoms with van der Waals surface area (Å²) in [6.45, 7) is 2.75. The quantitative estimate of drug-likeness (QED) is 0.601. The molecule has 1 fully saturated rings. The zero-order valence-corrected chi connectivity index (χ0v) is 15.5. The van der Waals surface area contributed by atoms with E-state index >= 15 is 0 Å². The molecule has 1 aliphatic rings. The van der Waals surface area contributed by atoms with Gasteiger partial charge >= 0.3 is 5.69 Å². The van der Waals surface area contributed by atoms with Crippen molar-refractivity contribution in [2.75, 3.05) is 0 Å². The topological polar surface area (TPSA) is 68.5 Å². The number of hydrogen-bond acceptors (Lipinski definition) is 3. The normalized spacial score (nSPS) is 15.7.